The Hall–Kier alpha value is -2.41. The number of methoxy groups -OCH3 is 1. The van der Waals surface area contributed by atoms with E-state index in [-0.39, 0.29) is 24.8 Å². The quantitative estimate of drug-likeness (QED) is 0.700. The van der Waals surface area contributed by atoms with Gasteiger partial charge in [-0.3, -0.25) is 19.7 Å². The lowest BCUT2D eigenvalue weighted by Gasteiger charge is -2.15. The third-order valence-electron chi connectivity index (χ3n) is 3.00. The molecule has 1 unspecified atom stereocenters. The molecule has 0 aromatic heterocycles. The van der Waals surface area contributed by atoms with Crippen molar-refractivity contribution in [3.05, 3.63) is 24.3 Å². The van der Waals surface area contributed by atoms with Crippen molar-refractivity contribution < 1.29 is 19.1 Å². The number of imide groups is 1. The summed E-state index contributed by atoms with van der Waals surface area (Å²) < 4.78 is 5.02. The van der Waals surface area contributed by atoms with Gasteiger partial charge in [0.15, 0.2) is 0 Å². The molecule has 3 amide bonds. The fourth-order valence-electron chi connectivity index (χ4n) is 2.02. The molecule has 1 atom stereocenters. The van der Waals surface area contributed by atoms with Crippen LogP contribution >= 0.6 is 0 Å². The van der Waals surface area contributed by atoms with Crippen molar-refractivity contribution in [2.45, 2.75) is 12.5 Å². The molecule has 106 valence electrons. The van der Waals surface area contributed by atoms with Gasteiger partial charge < -0.3 is 10.5 Å². The summed E-state index contributed by atoms with van der Waals surface area (Å²) in [6, 6.07) is 5.88. The van der Waals surface area contributed by atoms with Crippen LogP contribution in [0.4, 0.5) is 5.69 Å². The molecular formula is C13H15N3O4. The van der Waals surface area contributed by atoms with E-state index in [1.165, 1.54) is 7.11 Å². The van der Waals surface area contributed by atoms with E-state index < -0.39 is 11.9 Å². The summed E-state index contributed by atoms with van der Waals surface area (Å²) in [5.41, 5.74) is 5.48. The zero-order chi connectivity index (χ0) is 14.7. The van der Waals surface area contributed by atoms with Gasteiger partial charge in [0.05, 0.1) is 31.8 Å². The fraction of sp³-hybridized carbons (Fsp3) is 0.308. The molecule has 1 aliphatic heterocycles. The Morgan fingerprint density at radius 3 is 2.60 bits per heavy atom. The molecule has 1 aromatic rings. The number of benzene rings is 1. The lowest BCUT2D eigenvalue weighted by Crippen LogP contribution is -2.42. The van der Waals surface area contributed by atoms with E-state index in [1.807, 2.05) is 0 Å². The van der Waals surface area contributed by atoms with Crippen LogP contribution in [0, 0.1) is 0 Å². The number of nitrogens with one attached hydrogen (secondary N) is 1. The molecule has 7 nitrogen and oxygen atoms in total. The smallest absolute Gasteiger partial charge is 0.251 e. The number of nitrogens with zero attached hydrogens (tertiary/aromatic N) is 1. The number of amides is 3. The first-order valence-corrected chi connectivity index (χ1v) is 6.05. The van der Waals surface area contributed by atoms with Crippen LogP contribution in [0.2, 0.25) is 0 Å². The maximum absolute atomic E-state index is 12.1. The van der Waals surface area contributed by atoms with Crippen LogP contribution in [0.1, 0.15) is 6.42 Å². The van der Waals surface area contributed by atoms with Gasteiger partial charge in [0, 0.05) is 0 Å². The van der Waals surface area contributed by atoms with Gasteiger partial charge >= 0.3 is 0 Å². The molecular weight excluding hydrogens is 262 g/mol. The van der Waals surface area contributed by atoms with Crippen molar-refractivity contribution in [2.24, 2.45) is 5.73 Å². The molecule has 7 heteroatoms. The number of hydrogen-bond donors (Lipinski definition) is 2. The van der Waals surface area contributed by atoms with E-state index in [4.69, 9.17) is 10.5 Å². The second-order valence-electron chi connectivity index (χ2n) is 4.37. The van der Waals surface area contributed by atoms with Crippen LogP contribution in [0.5, 0.6) is 5.75 Å². The van der Waals surface area contributed by atoms with Gasteiger partial charge in [-0.05, 0) is 24.3 Å². The van der Waals surface area contributed by atoms with Gasteiger partial charge in [-0.25, -0.2) is 4.90 Å². The summed E-state index contributed by atoms with van der Waals surface area (Å²) in [5, 5.41) is 2.67. The summed E-state index contributed by atoms with van der Waals surface area (Å²) in [4.78, 5) is 35.9. The van der Waals surface area contributed by atoms with Crippen molar-refractivity contribution in [1.82, 2.24) is 5.32 Å². The highest BCUT2D eigenvalue weighted by atomic mass is 16.5. The normalized spacial score (nSPS) is 18.4. The average Bonchev–Trinajstić information content (AvgIpc) is 2.71. The highest BCUT2D eigenvalue weighted by Gasteiger charge is 2.39. The second-order valence-corrected chi connectivity index (χ2v) is 4.37. The minimum atomic E-state index is -0.711. The number of carbonyl (C=O) groups excluding carboxylic acids is 3. The standard InChI is InChI=1S/C13H15N3O4/c1-20-9-4-2-8(3-5-9)16-12(18)6-10(13(16)19)15-7-11(14)17/h2-5,10,15H,6-7H2,1H3,(H2,14,17). The van der Waals surface area contributed by atoms with Crippen molar-refractivity contribution >= 4 is 23.4 Å². The summed E-state index contributed by atoms with van der Waals surface area (Å²) in [5.74, 6) is -0.645. The molecule has 20 heavy (non-hydrogen) atoms. The third-order valence-corrected chi connectivity index (χ3v) is 3.00. The van der Waals surface area contributed by atoms with Crippen LogP contribution < -0.4 is 20.7 Å². The van der Waals surface area contributed by atoms with Crippen LogP contribution in [-0.2, 0) is 14.4 Å². The summed E-state index contributed by atoms with van der Waals surface area (Å²) in [7, 11) is 1.53. The number of nitrogens with two attached hydrogens (primary N) is 1. The summed E-state index contributed by atoms with van der Waals surface area (Å²) in [6.45, 7) is -0.139. The van der Waals surface area contributed by atoms with Crippen LogP contribution in [0.3, 0.4) is 0 Å². The molecule has 0 aliphatic carbocycles. The molecule has 1 fully saturated rings. The van der Waals surface area contributed by atoms with Crippen LogP contribution in [-0.4, -0.2) is 37.4 Å². The molecule has 1 aliphatic rings. The number of ether oxygens (including phenoxy) is 1. The summed E-state index contributed by atoms with van der Waals surface area (Å²) in [6.07, 6.45) is 0.0120. The molecule has 0 saturated carbocycles. The Morgan fingerprint density at radius 2 is 2.05 bits per heavy atom. The van der Waals surface area contributed by atoms with E-state index in [9.17, 15) is 14.4 Å². The van der Waals surface area contributed by atoms with E-state index in [0.29, 0.717) is 11.4 Å². The molecule has 0 bridgehead atoms. The van der Waals surface area contributed by atoms with Gasteiger partial charge in [0.2, 0.25) is 11.8 Å². The molecule has 3 N–H and O–H groups in total. The molecule has 0 radical (unpaired) electrons. The zero-order valence-electron chi connectivity index (χ0n) is 11.0. The van der Waals surface area contributed by atoms with E-state index >= 15 is 0 Å². The Kier molecular flexibility index (Phi) is 3.99. The highest BCUT2D eigenvalue weighted by molar-refractivity contribution is 6.22. The van der Waals surface area contributed by atoms with Gasteiger partial charge in [-0.15, -0.1) is 0 Å². The first kappa shape index (κ1) is 14.0. The van der Waals surface area contributed by atoms with Gasteiger partial charge in [-0.1, -0.05) is 0 Å². The molecule has 1 heterocycles. The molecule has 1 aromatic carbocycles. The molecule has 2 rings (SSSR count). The largest absolute Gasteiger partial charge is 0.497 e. The Labute approximate surface area is 115 Å². The number of anilines is 1. The lowest BCUT2D eigenvalue weighted by molar-refractivity contribution is -0.121. The Bertz CT molecular complexity index is 541. The minimum Gasteiger partial charge on any atom is -0.497 e. The first-order chi connectivity index (χ1) is 9.52. The number of hydrogen-bond acceptors (Lipinski definition) is 5. The maximum atomic E-state index is 12.1. The Morgan fingerprint density at radius 1 is 1.40 bits per heavy atom. The zero-order valence-corrected chi connectivity index (χ0v) is 11.0. The van der Waals surface area contributed by atoms with Crippen molar-refractivity contribution in [1.29, 1.82) is 0 Å². The van der Waals surface area contributed by atoms with Crippen molar-refractivity contribution in [3.8, 4) is 5.75 Å². The minimum absolute atomic E-state index is 0.0120. The third kappa shape index (κ3) is 2.77. The van der Waals surface area contributed by atoms with Gasteiger partial charge in [-0.2, -0.15) is 0 Å². The first-order valence-electron chi connectivity index (χ1n) is 6.05. The van der Waals surface area contributed by atoms with Crippen LogP contribution in [0.25, 0.3) is 0 Å². The van der Waals surface area contributed by atoms with Gasteiger partial charge in [0.1, 0.15) is 5.75 Å². The fourth-order valence-corrected chi connectivity index (χ4v) is 2.02. The molecule has 1 saturated heterocycles. The SMILES string of the molecule is COc1ccc(N2C(=O)CC(NCC(N)=O)C2=O)cc1. The van der Waals surface area contributed by atoms with E-state index in [0.717, 1.165) is 4.90 Å². The highest BCUT2D eigenvalue weighted by Crippen LogP contribution is 2.24. The van der Waals surface area contributed by atoms with Crippen LogP contribution in [0.15, 0.2) is 24.3 Å². The topological polar surface area (TPSA) is 102 Å². The number of rotatable bonds is 5. The second kappa shape index (κ2) is 5.70. The lowest BCUT2D eigenvalue weighted by atomic mass is 10.2. The van der Waals surface area contributed by atoms with Crippen molar-refractivity contribution in [2.75, 3.05) is 18.6 Å². The maximum Gasteiger partial charge on any atom is 0.251 e. The average molecular weight is 277 g/mol. The van der Waals surface area contributed by atoms with Crippen molar-refractivity contribution in [3.63, 3.8) is 0 Å². The van der Waals surface area contributed by atoms with E-state index in [2.05, 4.69) is 5.32 Å². The number of primary amides is 1. The summed E-state index contributed by atoms with van der Waals surface area (Å²) >= 11 is 0. The Balaban J connectivity index is 2.13. The predicted octanol–water partition coefficient (Wildman–Crippen LogP) is -0.598. The number of carbonyl (C=O) groups is 3. The van der Waals surface area contributed by atoms with Gasteiger partial charge in [0.25, 0.3) is 5.91 Å². The predicted molar refractivity (Wildman–Crippen MR) is 71.1 cm³/mol. The monoisotopic (exact) mass is 277 g/mol. The van der Waals surface area contributed by atoms with E-state index in [1.54, 1.807) is 24.3 Å². The molecule has 0 spiro atoms.